The summed E-state index contributed by atoms with van der Waals surface area (Å²) in [5.41, 5.74) is 2.03. The summed E-state index contributed by atoms with van der Waals surface area (Å²) < 4.78 is 0. The highest BCUT2D eigenvalue weighted by molar-refractivity contribution is 7.99. The van der Waals surface area contributed by atoms with E-state index in [1.807, 2.05) is 30.0 Å². The minimum absolute atomic E-state index is 0.0971. The number of benzene rings is 1. The SMILES string of the molecule is CCNC(C)c1cccc(NC(=O)NC2CCSCC2)c1. The van der Waals surface area contributed by atoms with Crippen LogP contribution in [-0.2, 0) is 0 Å². The zero-order chi connectivity index (χ0) is 15.1. The average Bonchev–Trinajstić information content (AvgIpc) is 2.48. The lowest BCUT2D eigenvalue weighted by Crippen LogP contribution is -2.40. The van der Waals surface area contributed by atoms with E-state index in [9.17, 15) is 4.79 Å². The maximum absolute atomic E-state index is 12.0. The second-order valence-corrected chi connectivity index (χ2v) is 6.61. The molecule has 1 aromatic rings. The molecule has 3 N–H and O–H groups in total. The van der Waals surface area contributed by atoms with Gasteiger partial charge in [-0.1, -0.05) is 19.1 Å². The van der Waals surface area contributed by atoms with Gasteiger partial charge in [0, 0.05) is 17.8 Å². The summed E-state index contributed by atoms with van der Waals surface area (Å²) in [6.45, 7) is 5.15. The second-order valence-electron chi connectivity index (χ2n) is 5.39. The predicted octanol–water partition coefficient (Wildman–Crippen LogP) is 3.37. The summed E-state index contributed by atoms with van der Waals surface area (Å²) >= 11 is 1.96. The topological polar surface area (TPSA) is 53.2 Å². The lowest BCUT2D eigenvalue weighted by Gasteiger charge is -2.22. The van der Waals surface area contributed by atoms with Gasteiger partial charge < -0.3 is 16.0 Å². The number of carbonyl (C=O) groups is 1. The van der Waals surface area contributed by atoms with Gasteiger partial charge in [0.1, 0.15) is 0 Å². The molecule has 2 amide bonds. The molecule has 21 heavy (non-hydrogen) atoms. The molecule has 1 unspecified atom stereocenters. The molecule has 0 aliphatic carbocycles. The van der Waals surface area contributed by atoms with Crippen LogP contribution >= 0.6 is 11.8 Å². The van der Waals surface area contributed by atoms with Crippen molar-refractivity contribution in [1.29, 1.82) is 0 Å². The lowest BCUT2D eigenvalue weighted by molar-refractivity contribution is 0.247. The first-order chi connectivity index (χ1) is 10.2. The average molecular weight is 307 g/mol. The van der Waals surface area contributed by atoms with Gasteiger partial charge in [0.05, 0.1) is 0 Å². The Hall–Kier alpha value is -1.20. The molecule has 1 fully saturated rings. The van der Waals surface area contributed by atoms with Crippen molar-refractivity contribution >= 4 is 23.5 Å². The Morgan fingerprint density at radius 1 is 1.38 bits per heavy atom. The first-order valence-corrected chi connectivity index (χ1v) is 8.83. The van der Waals surface area contributed by atoms with Crippen molar-refractivity contribution in [3.63, 3.8) is 0 Å². The van der Waals surface area contributed by atoms with Crippen LogP contribution in [0.15, 0.2) is 24.3 Å². The Kier molecular flexibility index (Phi) is 6.39. The van der Waals surface area contributed by atoms with Crippen molar-refractivity contribution in [2.75, 3.05) is 23.4 Å². The zero-order valence-corrected chi connectivity index (χ0v) is 13.6. The standard InChI is InChI=1S/C16H25N3OS/c1-3-17-12(2)13-5-4-6-15(11-13)19-16(20)18-14-7-9-21-10-8-14/h4-6,11-12,14,17H,3,7-10H2,1-2H3,(H2,18,19,20). The van der Waals surface area contributed by atoms with Crippen molar-refractivity contribution in [2.24, 2.45) is 0 Å². The number of rotatable bonds is 5. The van der Waals surface area contributed by atoms with Gasteiger partial charge in [-0.05, 0) is 55.5 Å². The highest BCUT2D eigenvalue weighted by Crippen LogP contribution is 2.19. The number of hydrogen-bond acceptors (Lipinski definition) is 3. The smallest absolute Gasteiger partial charge is 0.319 e. The van der Waals surface area contributed by atoms with E-state index in [0.717, 1.165) is 36.6 Å². The largest absolute Gasteiger partial charge is 0.335 e. The van der Waals surface area contributed by atoms with Gasteiger partial charge in [0.15, 0.2) is 0 Å². The Balaban J connectivity index is 1.89. The molecule has 0 spiro atoms. The number of hydrogen-bond donors (Lipinski definition) is 3. The molecule has 1 saturated heterocycles. The minimum atomic E-state index is -0.0971. The van der Waals surface area contributed by atoms with E-state index < -0.39 is 0 Å². The van der Waals surface area contributed by atoms with Crippen LogP contribution in [0.25, 0.3) is 0 Å². The molecule has 0 radical (unpaired) electrons. The minimum Gasteiger partial charge on any atom is -0.335 e. The normalized spacial score (nSPS) is 17.2. The van der Waals surface area contributed by atoms with E-state index in [2.05, 4.69) is 35.9 Å². The highest BCUT2D eigenvalue weighted by atomic mass is 32.2. The molecule has 5 heteroatoms. The Bertz CT molecular complexity index is 461. The van der Waals surface area contributed by atoms with Gasteiger partial charge in [-0.15, -0.1) is 0 Å². The molecule has 1 heterocycles. The van der Waals surface area contributed by atoms with Crippen molar-refractivity contribution < 1.29 is 4.79 Å². The predicted molar refractivity (Wildman–Crippen MR) is 91.0 cm³/mol. The number of urea groups is 1. The third-order valence-electron chi connectivity index (χ3n) is 3.71. The Morgan fingerprint density at radius 3 is 2.86 bits per heavy atom. The molecule has 116 valence electrons. The molecule has 0 saturated carbocycles. The van der Waals surface area contributed by atoms with E-state index >= 15 is 0 Å². The molecule has 2 rings (SSSR count). The molecule has 0 aromatic heterocycles. The molecule has 1 aliphatic heterocycles. The number of amides is 2. The first-order valence-electron chi connectivity index (χ1n) is 7.67. The number of thioether (sulfide) groups is 1. The van der Waals surface area contributed by atoms with Gasteiger partial charge in [-0.3, -0.25) is 0 Å². The number of anilines is 1. The van der Waals surface area contributed by atoms with Crippen LogP contribution in [0.1, 0.15) is 38.3 Å². The first kappa shape index (κ1) is 16.2. The lowest BCUT2D eigenvalue weighted by atomic mass is 10.1. The quantitative estimate of drug-likeness (QED) is 0.782. The van der Waals surface area contributed by atoms with Crippen molar-refractivity contribution in [1.82, 2.24) is 10.6 Å². The van der Waals surface area contributed by atoms with E-state index in [-0.39, 0.29) is 12.1 Å². The second kappa shape index (κ2) is 8.29. The molecule has 1 atom stereocenters. The summed E-state index contributed by atoms with van der Waals surface area (Å²) in [6, 6.07) is 8.53. The maximum atomic E-state index is 12.0. The van der Waals surface area contributed by atoms with Gasteiger partial charge in [0.25, 0.3) is 0 Å². The van der Waals surface area contributed by atoms with E-state index in [4.69, 9.17) is 0 Å². The summed E-state index contributed by atoms with van der Waals surface area (Å²) in [5.74, 6) is 2.28. The number of nitrogens with one attached hydrogen (secondary N) is 3. The highest BCUT2D eigenvalue weighted by Gasteiger charge is 2.16. The fourth-order valence-electron chi connectivity index (χ4n) is 2.50. The van der Waals surface area contributed by atoms with Gasteiger partial charge in [0.2, 0.25) is 0 Å². The Morgan fingerprint density at radius 2 is 2.14 bits per heavy atom. The van der Waals surface area contributed by atoms with Gasteiger partial charge >= 0.3 is 6.03 Å². The fourth-order valence-corrected chi connectivity index (χ4v) is 3.61. The molecular formula is C16H25N3OS. The summed E-state index contributed by atoms with van der Waals surface area (Å²) in [5, 5.41) is 9.38. The van der Waals surface area contributed by atoms with Crippen LogP contribution in [0.4, 0.5) is 10.5 Å². The van der Waals surface area contributed by atoms with Crippen LogP contribution in [-0.4, -0.2) is 30.1 Å². The van der Waals surface area contributed by atoms with Crippen molar-refractivity contribution in [3.8, 4) is 0 Å². The van der Waals surface area contributed by atoms with E-state index in [1.54, 1.807) is 0 Å². The Labute approximate surface area is 131 Å². The molecular weight excluding hydrogens is 282 g/mol. The molecule has 1 aromatic carbocycles. The summed E-state index contributed by atoms with van der Waals surface area (Å²) in [7, 11) is 0. The molecule has 0 bridgehead atoms. The monoisotopic (exact) mass is 307 g/mol. The summed E-state index contributed by atoms with van der Waals surface area (Å²) in [6.07, 6.45) is 2.13. The maximum Gasteiger partial charge on any atom is 0.319 e. The van der Waals surface area contributed by atoms with Crippen molar-refractivity contribution in [2.45, 2.75) is 38.8 Å². The fraction of sp³-hybridized carbons (Fsp3) is 0.562. The van der Waals surface area contributed by atoms with Crippen LogP contribution in [0.5, 0.6) is 0 Å². The zero-order valence-electron chi connectivity index (χ0n) is 12.8. The third-order valence-corrected chi connectivity index (χ3v) is 4.76. The number of carbonyl (C=O) groups excluding carboxylic acids is 1. The van der Waals surface area contributed by atoms with E-state index in [0.29, 0.717) is 6.04 Å². The van der Waals surface area contributed by atoms with Gasteiger partial charge in [-0.25, -0.2) is 4.79 Å². The summed E-state index contributed by atoms with van der Waals surface area (Å²) in [4.78, 5) is 12.0. The molecule has 1 aliphatic rings. The van der Waals surface area contributed by atoms with Gasteiger partial charge in [-0.2, -0.15) is 11.8 Å². The van der Waals surface area contributed by atoms with Crippen LogP contribution in [0, 0.1) is 0 Å². The van der Waals surface area contributed by atoms with Crippen molar-refractivity contribution in [3.05, 3.63) is 29.8 Å². The van der Waals surface area contributed by atoms with E-state index in [1.165, 1.54) is 5.56 Å². The van der Waals surface area contributed by atoms with Crippen LogP contribution in [0.2, 0.25) is 0 Å². The molecule has 4 nitrogen and oxygen atoms in total. The van der Waals surface area contributed by atoms with Crippen LogP contribution < -0.4 is 16.0 Å². The third kappa shape index (κ3) is 5.25. The van der Waals surface area contributed by atoms with Crippen LogP contribution in [0.3, 0.4) is 0 Å².